The zero-order valence-corrected chi connectivity index (χ0v) is 16.5. The van der Waals surface area contributed by atoms with Gasteiger partial charge in [-0.1, -0.05) is 6.07 Å². The predicted octanol–water partition coefficient (Wildman–Crippen LogP) is 3.93. The zero-order valence-electron chi connectivity index (χ0n) is 16.5. The highest BCUT2D eigenvalue weighted by atomic mass is 19.4. The van der Waals surface area contributed by atoms with E-state index in [1.165, 1.54) is 31.2 Å². The van der Waals surface area contributed by atoms with Gasteiger partial charge in [0.1, 0.15) is 0 Å². The number of alkyl halides is 3. The highest BCUT2D eigenvalue weighted by Gasteiger charge is 2.36. The fourth-order valence-electron chi connectivity index (χ4n) is 3.31. The Morgan fingerprint density at radius 1 is 1.10 bits per heavy atom. The summed E-state index contributed by atoms with van der Waals surface area (Å²) in [4.78, 5) is 26.6. The number of carbonyl (C=O) groups is 1. The van der Waals surface area contributed by atoms with Crippen LogP contribution in [0, 0.1) is 17.0 Å². The summed E-state index contributed by atoms with van der Waals surface area (Å²) in [5, 5.41) is 13.5. The molecule has 1 saturated heterocycles. The molecule has 0 saturated carbocycles. The number of piperazine rings is 1. The standard InChI is InChI=1S/C20H21F3N4O3/c1-13-3-4-14(11-18(13)27(29)30)19(28)24-15-5-6-17(16(12-15)20(21,22)23)26-9-7-25(2)8-10-26/h3-6,11-12H,7-10H2,1-2H3,(H,24,28). The summed E-state index contributed by atoms with van der Waals surface area (Å²) in [7, 11) is 1.91. The summed E-state index contributed by atoms with van der Waals surface area (Å²) in [5.74, 6) is -0.724. The van der Waals surface area contributed by atoms with Crippen LogP contribution in [0.2, 0.25) is 0 Å². The number of aryl methyl sites for hydroxylation is 1. The van der Waals surface area contributed by atoms with Crippen molar-refractivity contribution in [3.8, 4) is 0 Å². The first kappa shape index (κ1) is 21.6. The Morgan fingerprint density at radius 3 is 2.37 bits per heavy atom. The van der Waals surface area contributed by atoms with E-state index in [-0.39, 0.29) is 22.6 Å². The van der Waals surface area contributed by atoms with Crippen LogP contribution in [0.1, 0.15) is 21.5 Å². The molecule has 10 heteroatoms. The van der Waals surface area contributed by atoms with Crippen molar-refractivity contribution in [2.45, 2.75) is 13.1 Å². The SMILES string of the molecule is Cc1ccc(C(=O)Nc2ccc(N3CCN(C)CC3)c(C(F)(F)F)c2)cc1[N+](=O)[O-]. The van der Waals surface area contributed by atoms with E-state index in [1.807, 2.05) is 11.9 Å². The number of anilines is 2. The molecule has 0 atom stereocenters. The van der Waals surface area contributed by atoms with Crippen LogP contribution < -0.4 is 10.2 Å². The van der Waals surface area contributed by atoms with Gasteiger partial charge in [-0.3, -0.25) is 14.9 Å². The highest BCUT2D eigenvalue weighted by molar-refractivity contribution is 6.04. The van der Waals surface area contributed by atoms with Crippen molar-refractivity contribution in [3.63, 3.8) is 0 Å². The van der Waals surface area contributed by atoms with Crippen LogP contribution in [0.4, 0.5) is 30.2 Å². The minimum absolute atomic E-state index is 0.0102. The zero-order chi connectivity index (χ0) is 22.1. The first-order valence-electron chi connectivity index (χ1n) is 9.27. The second kappa shape index (κ2) is 8.31. The molecule has 1 amide bonds. The van der Waals surface area contributed by atoms with Crippen molar-refractivity contribution < 1.29 is 22.9 Å². The summed E-state index contributed by atoms with van der Waals surface area (Å²) < 4.78 is 41.0. The van der Waals surface area contributed by atoms with E-state index in [0.29, 0.717) is 31.7 Å². The first-order chi connectivity index (χ1) is 14.1. The molecule has 0 aromatic heterocycles. The van der Waals surface area contributed by atoms with Gasteiger partial charge in [-0.25, -0.2) is 0 Å². The summed E-state index contributed by atoms with van der Waals surface area (Å²) >= 11 is 0. The number of amides is 1. The molecule has 1 N–H and O–H groups in total. The molecule has 1 aliphatic heterocycles. The van der Waals surface area contributed by atoms with Crippen molar-refractivity contribution in [2.75, 3.05) is 43.4 Å². The fourth-order valence-corrected chi connectivity index (χ4v) is 3.31. The molecule has 0 bridgehead atoms. The quantitative estimate of drug-likeness (QED) is 0.597. The number of rotatable bonds is 4. The Kier molecular flexibility index (Phi) is 5.97. The molecule has 2 aromatic rings. The van der Waals surface area contributed by atoms with Crippen molar-refractivity contribution in [2.24, 2.45) is 0 Å². The van der Waals surface area contributed by atoms with E-state index in [4.69, 9.17) is 0 Å². The number of nitrogens with one attached hydrogen (secondary N) is 1. The number of carbonyl (C=O) groups excluding carboxylic acids is 1. The van der Waals surface area contributed by atoms with Gasteiger partial charge in [0.2, 0.25) is 0 Å². The molecular formula is C20H21F3N4O3. The molecule has 30 heavy (non-hydrogen) atoms. The molecule has 2 aromatic carbocycles. The van der Waals surface area contributed by atoms with Crippen LogP contribution in [-0.2, 0) is 6.18 Å². The maximum atomic E-state index is 13.7. The molecule has 0 radical (unpaired) electrons. The smallest absolute Gasteiger partial charge is 0.368 e. The van der Waals surface area contributed by atoms with Gasteiger partial charge in [-0.05, 0) is 38.2 Å². The third kappa shape index (κ3) is 4.70. The van der Waals surface area contributed by atoms with Crippen molar-refractivity contribution in [3.05, 3.63) is 63.2 Å². The molecule has 7 nitrogen and oxygen atoms in total. The van der Waals surface area contributed by atoms with Crippen molar-refractivity contribution >= 4 is 23.0 Å². The monoisotopic (exact) mass is 422 g/mol. The Hall–Kier alpha value is -3.14. The number of likely N-dealkylation sites (N-methyl/N-ethyl adjacent to an activating group) is 1. The number of nitro benzene ring substituents is 1. The van der Waals surface area contributed by atoms with Crippen LogP contribution in [0.5, 0.6) is 0 Å². The van der Waals surface area contributed by atoms with Crippen molar-refractivity contribution in [1.82, 2.24) is 4.90 Å². The minimum atomic E-state index is -4.60. The number of nitrogens with zero attached hydrogens (tertiary/aromatic N) is 3. The van der Waals surface area contributed by atoms with Gasteiger partial charge in [0, 0.05) is 54.7 Å². The lowest BCUT2D eigenvalue weighted by atomic mass is 10.1. The van der Waals surface area contributed by atoms with Gasteiger partial charge in [0.15, 0.2) is 0 Å². The summed E-state index contributed by atoms with van der Waals surface area (Å²) in [5.41, 5.74) is -0.659. The van der Waals surface area contributed by atoms with Crippen LogP contribution in [0.25, 0.3) is 0 Å². The van der Waals surface area contributed by atoms with E-state index < -0.39 is 22.6 Å². The Bertz CT molecular complexity index is 970. The number of halogens is 3. The summed E-state index contributed by atoms with van der Waals surface area (Å²) in [6.07, 6.45) is -4.60. The normalized spacial score (nSPS) is 15.2. The van der Waals surface area contributed by atoms with Crippen molar-refractivity contribution in [1.29, 1.82) is 0 Å². The van der Waals surface area contributed by atoms with E-state index >= 15 is 0 Å². The Morgan fingerprint density at radius 2 is 1.77 bits per heavy atom. The number of nitro groups is 1. The van der Waals surface area contributed by atoms with Crippen LogP contribution >= 0.6 is 0 Å². The summed E-state index contributed by atoms with van der Waals surface area (Å²) in [6.45, 7) is 3.78. The molecule has 0 aliphatic carbocycles. The van der Waals surface area contributed by atoms with Crippen LogP contribution in [0.3, 0.4) is 0 Å². The van der Waals surface area contributed by atoms with E-state index in [2.05, 4.69) is 5.32 Å². The second-order valence-electron chi connectivity index (χ2n) is 7.23. The molecule has 3 rings (SSSR count). The fraction of sp³-hybridized carbons (Fsp3) is 0.350. The third-order valence-electron chi connectivity index (χ3n) is 5.07. The lowest BCUT2D eigenvalue weighted by Gasteiger charge is -2.35. The molecular weight excluding hydrogens is 401 g/mol. The van der Waals surface area contributed by atoms with E-state index in [9.17, 15) is 28.1 Å². The van der Waals surface area contributed by atoms with Crippen LogP contribution in [-0.4, -0.2) is 49.0 Å². The van der Waals surface area contributed by atoms with Gasteiger partial charge in [0.05, 0.1) is 10.5 Å². The molecule has 1 aliphatic rings. The summed E-state index contributed by atoms with van der Waals surface area (Å²) in [6, 6.07) is 7.57. The van der Waals surface area contributed by atoms with E-state index in [0.717, 1.165) is 12.1 Å². The largest absolute Gasteiger partial charge is 0.418 e. The second-order valence-corrected chi connectivity index (χ2v) is 7.23. The molecule has 1 heterocycles. The van der Waals surface area contributed by atoms with Gasteiger partial charge < -0.3 is 15.1 Å². The van der Waals surface area contributed by atoms with Gasteiger partial charge in [-0.15, -0.1) is 0 Å². The van der Waals surface area contributed by atoms with E-state index in [1.54, 1.807) is 4.90 Å². The number of hydrogen-bond acceptors (Lipinski definition) is 5. The third-order valence-corrected chi connectivity index (χ3v) is 5.07. The Labute approximate surface area is 171 Å². The van der Waals surface area contributed by atoms with Gasteiger partial charge >= 0.3 is 6.18 Å². The molecule has 1 fully saturated rings. The average molecular weight is 422 g/mol. The van der Waals surface area contributed by atoms with Gasteiger partial charge in [0.25, 0.3) is 11.6 Å². The number of hydrogen-bond donors (Lipinski definition) is 1. The van der Waals surface area contributed by atoms with Crippen LogP contribution in [0.15, 0.2) is 36.4 Å². The number of benzene rings is 2. The minimum Gasteiger partial charge on any atom is -0.368 e. The highest BCUT2D eigenvalue weighted by Crippen LogP contribution is 2.38. The molecule has 0 spiro atoms. The maximum Gasteiger partial charge on any atom is 0.418 e. The molecule has 0 unspecified atom stereocenters. The lowest BCUT2D eigenvalue weighted by Crippen LogP contribution is -2.45. The molecule has 160 valence electrons. The maximum absolute atomic E-state index is 13.7. The van der Waals surface area contributed by atoms with Gasteiger partial charge in [-0.2, -0.15) is 13.2 Å². The lowest BCUT2D eigenvalue weighted by molar-refractivity contribution is -0.385. The predicted molar refractivity (Wildman–Crippen MR) is 107 cm³/mol. The average Bonchev–Trinajstić information content (AvgIpc) is 2.68. The Balaban J connectivity index is 1.87. The first-order valence-corrected chi connectivity index (χ1v) is 9.27. The topological polar surface area (TPSA) is 78.7 Å².